The molecule has 7 rings (SSSR count). The molecule has 0 aromatic heterocycles. The summed E-state index contributed by atoms with van der Waals surface area (Å²) in [5.74, 6) is 0. The van der Waals surface area contributed by atoms with Crippen molar-refractivity contribution in [3.8, 4) is 11.1 Å². The lowest BCUT2D eigenvalue weighted by Crippen LogP contribution is -2.67. The molecule has 0 aliphatic heterocycles. The van der Waals surface area contributed by atoms with Gasteiger partial charge in [0.2, 0.25) is 0 Å². The highest BCUT2D eigenvalue weighted by Gasteiger charge is 2.68. The van der Waals surface area contributed by atoms with Gasteiger partial charge in [0.25, 0.3) is 0 Å². The van der Waals surface area contributed by atoms with Gasteiger partial charge in [0.1, 0.15) is 0 Å². The number of rotatable bonds is 7. The first-order chi connectivity index (χ1) is 16.9. The smallest absolute Gasteiger partial charge is 0.00215 e. The molecule has 3 saturated carbocycles. The number of hydrogen-bond acceptors (Lipinski definition) is 0. The second-order valence-corrected chi connectivity index (χ2v) is 11.2. The molecule has 4 aromatic rings. The number of hydrogen-bond donors (Lipinski definition) is 0. The molecule has 0 atom stereocenters. The molecule has 2 bridgehead atoms. The summed E-state index contributed by atoms with van der Waals surface area (Å²) in [5.41, 5.74) is 13.0. The number of allylic oxidation sites excluding steroid dienone is 1. The van der Waals surface area contributed by atoms with Crippen LogP contribution in [0.5, 0.6) is 0 Å². The molecule has 0 unspecified atom stereocenters. The molecule has 0 N–H and O–H groups in total. The van der Waals surface area contributed by atoms with E-state index in [9.17, 15) is 0 Å². The van der Waals surface area contributed by atoms with Gasteiger partial charge < -0.3 is 0 Å². The third-order valence-corrected chi connectivity index (χ3v) is 8.65. The summed E-state index contributed by atoms with van der Waals surface area (Å²) >= 11 is 0. The molecule has 0 saturated heterocycles. The van der Waals surface area contributed by atoms with Crippen LogP contribution in [0.1, 0.15) is 59.1 Å². The van der Waals surface area contributed by atoms with Crippen molar-refractivity contribution in [2.45, 2.75) is 56.8 Å². The Morgan fingerprint density at radius 1 is 0.600 bits per heavy atom. The van der Waals surface area contributed by atoms with Gasteiger partial charge in [-0.15, -0.1) is 0 Å². The van der Waals surface area contributed by atoms with Crippen molar-refractivity contribution in [3.05, 3.63) is 137 Å². The van der Waals surface area contributed by atoms with Gasteiger partial charge in [-0.3, -0.25) is 0 Å². The fraction of sp³-hybridized carbons (Fsp3) is 0.257. The van der Waals surface area contributed by atoms with Gasteiger partial charge in [-0.2, -0.15) is 0 Å². The molecular formula is C35H34. The minimum absolute atomic E-state index is 0.419. The quantitative estimate of drug-likeness (QED) is 0.261. The SMILES string of the molecule is C=C(CCc1ccc(C)cc1)c1ccc(-c2ccc(C34CC(c5ccc(C)cc5)(C3)C4)cc2)cc1. The molecular weight excluding hydrogens is 420 g/mol. The average molecular weight is 455 g/mol. The molecule has 0 spiro atoms. The van der Waals surface area contributed by atoms with Crippen molar-refractivity contribution in [3.63, 3.8) is 0 Å². The Kier molecular flexibility index (Phi) is 5.29. The maximum atomic E-state index is 4.35. The Balaban J connectivity index is 1.08. The van der Waals surface area contributed by atoms with Gasteiger partial charge >= 0.3 is 0 Å². The van der Waals surface area contributed by atoms with E-state index in [1.165, 1.54) is 63.8 Å². The summed E-state index contributed by atoms with van der Waals surface area (Å²) in [6.45, 7) is 8.66. The van der Waals surface area contributed by atoms with Gasteiger partial charge in [0, 0.05) is 0 Å². The predicted molar refractivity (Wildman–Crippen MR) is 149 cm³/mol. The lowest BCUT2D eigenvalue weighted by Gasteiger charge is -2.71. The molecule has 3 aliphatic carbocycles. The van der Waals surface area contributed by atoms with Crippen LogP contribution in [0.15, 0.2) is 104 Å². The monoisotopic (exact) mass is 454 g/mol. The molecule has 35 heavy (non-hydrogen) atoms. The minimum atomic E-state index is 0.419. The van der Waals surface area contributed by atoms with E-state index < -0.39 is 0 Å². The van der Waals surface area contributed by atoms with Gasteiger partial charge in [0.05, 0.1) is 0 Å². The lowest BCUT2D eigenvalue weighted by atomic mass is 9.32. The van der Waals surface area contributed by atoms with E-state index in [1.807, 2.05) is 0 Å². The van der Waals surface area contributed by atoms with Crippen LogP contribution in [0.25, 0.3) is 16.7 Å². The zero-order valence-electron chi connectivity index (χ0n) is 21.0. The minimum Gasteiger partial charge on any atom is -0.0952 e. The standard InChI is InChI=1S/C35H34/c1-25-4-9-28(10-5-25)11-8-27(3)29-12-14-30(15-13-29)31-16-20-33(21-17-31)35-22-34(23-35,24-35)32-18-6-26(2)7-19-32/h4-7,9-10,12-21H,3,8,11,22-24H2,1-2H3. The van der Waals surface area contributed by atoms with Crippen LogP contribution in [0.4, 0.5) is 0 Å². The Morgan fingerprint density at radius 3 is 1.54 bits per heavy atom. The molecule has 0 radical (unpaired) electrons. The summed E-state index contributed by atoms with van der Waals surface area (Å²) in [6.07, 6.45) is 5.95. The fourth-order valence-corrected chi connectivity index (χ4v) is 6.42. The van der Waals surface area contributed by atoms with Crippen molar-refractivity contribution in [1.82, 2.24) is 0 Å². The van der Waals surface area contributed by atoms with Crippen LogP contribution >= 0.6 is 0 Å². The Labute approximate surface area is 210 Å². The highest BCUT2D eigenvalue weighted by molar-refractivity contribution is 5.70. The largest absolute Gasteiger partial charge is 0.0952 e. The predicted octanol–water partition coefficient (Wildman–Crippen LogP) is 8.99. The summed E-state index contributed by atoms with van der Waals surface area (Å²) < 4.78 is 0. The summed E-state index contributed by atoms with van der Waals surface area (Å²) in [7, 11) is 0. The topological polar surface area (TPSA) is 0 Å². The molecule has 4 aromatic carbocycles. The third-order valence-electron chi connectivity index (χ3n) is 8.65. The second-order valence-electron chi connectivity index (χ2n) is 11.2. The van der Waals surface area contributed by atoms with Gasteiger partial charge in [-0.05, 0) is 95.7 Å². The highest BCUT2D eigenvalue weighted by atomic mass is 14.7. The number of benzene rings is 4. The molecule has 3 aliphatic rings. The normalized spacial score (nSPS) is 22.2. The van der Waals surface area contributed by atoms with Crippen LogP contribution in [-0.2, 0) is 17.3 Å². The van der Waals surface area contributed by atoms with Gasteiger partial charge in [-0.1, -0.05) is 115 Å². The zero-order chi connectivity index (χ0) is 24.0. The molecule has 3 fully saturated rings. The van der Waals surface area contributed by atoms with E-state index in [-0.39, 0.29) is 0 Å². The molecule has 0 heteroatoms. The average Bonchev–Trinajstić information content (AvgIpc) is 2.84. The first-order valence-electron chi connectivity index (χ1n) is 13.0. The molecule has 174 valence electrons. The first kappa shape index (κ1) is 22.1. The first-order valence-corrected chi connectivity index (χ1v) is 13.0. The maximum absolute atomic E-state index is 4.35. The number of aryl methyl sites for hydroxylation is 3. The maximum Gasteiger partial charge on any atom is -0.00215 e. The lowest BCUT2D eigenvalue weighted by molar-refractivity contribution is -0.0693. The summed E-state index contributed by atoms with van der Waals surface area (Å²) in [5, 5.41) is 0. The van der Waals surface area contributed by atoms with E-state index >= 15 is 0 Å². The fourth-order valence-electron chi connectivity index (χ4n) is 6.42. The van der Waals surface area contributed by atoms with Crippen LogP contribution < -0.4 is 0 Å². The Hall–Kier alpha value is -3.38. The van der Waals surface area contributed by atoms with E-state index in [2.05, 4.69) is 117 Å². The van der Waals surface area contributed by atoms with Crippen molar-refractivity contribution >= 4 is 5.57 Å². The van der Waals surface area contributed by atoms with Gasteiger partial charge in [0.15, 0.2) is 0 Å². The second kappa shape index (κ2) is 8.38. The third kappa shape index (κ3) is 3.96. The van der Waals surface area contributed by atoms with E-state index in [1.54, 1.807) is 5.56 Å². The van der Waals surface area contributed by atoms with Crippen LogP contribution in [0.3, 0.4) is 0 Å². The Bertz CT molecular complexity index is 1330. The van der Waals surface area contributed by atoms with Crippen molar-refractivity contribution in [2.75, 3.05) is 0 Å². The van der Waals surface area contributed by atoms with Crippen LogP contribution in [-0.4, -0.2) is 0 Å². The summed E-state index contributed by atoms with van der Waals surface area (Å²) in [6, 6.07) is 36.4. The van der Waals surface area contributed by atoms with E-state index in [0.717, 1.165) is 12.8 Å². The van der Waals surface area contributed by atoms with Gasteiger partial charge in [-0.25, -0.2) is 0 Å². The van der Waals surface area contributed by atoms with E-state index in [0.29, 0.717) is 10.8 Å². The van der Waals surface area contributed by atoms with E-state index in [4.69, 9.17) is 0 Å². The van der Waals surface area contributed by atoms with Crippen molar-refractivity contribution in [1.29, 1.82) is 0 Å². The van der Waals surface area contributed by atoms with Crippen molar-refractivity contribution < 1.29 is 0 Å². The van der Waals surface area contributed by atoms with Crippen LogP contribution in [0.2, 0.25) is 0 Å². The molecule has 0 heterocycles. The zero-order valence-corrected chi connectivity index (χ0v) is 21.0. The molecule has 0 amide bonds. The molecule has 0 nitrogen and oxygen atoms in total. The highest BCUT2D eigenvalue weighted by Crippen LogP contribution is 2.73. The van der Waals surface area contributed by atoms with Crippen LogP contribution in [0, 0.1) is 13.8 Å². The van der Waals surface area contributed by atoms with Crippen molar-refractivity contribution in [2.24, 2.45) is 0 Å². The summed E-state index contributed by atoms with van der Waals surface area (Å²) in [4.78, 5) is 0. The Morgan fingerprint density at radius 2 is 1.03 bits per heavy atom.